The first-order valence-electron chi connectivity index (χ1n) is 7.21. The summed E-state index contributed by atoms with van der Waals surface area (Å²) in [6.45, 7) is 9.14. The Morgan fingerprint density at radius 3 is 2.35 bits per heavy atom. The van der Waals surface area contributed by atoms with E-state index < -0.39 is 19.2 Å². The van der Waals surface area contributed by atoms with Crippen LogP contribution in [0.4, 0.5) is 0 Å². The normalized spacial score (nSPS) is 16.5. The van der Waals surface area contributed by atoms with E-state index in [0.29, 0.717) is 6.42 Å². The molecule has 20 heavy (non-hydrogen) atoms. The number of amides is 1. The third-order valence-corrected chi connectivity index (χ3v) is 3.38. The largest absolute Gasteiger partial charge is 0.437 e. The molecule has 0 heterocycles. The number of aliphatic hydroxyl groups is 1. The molecule has 0 aromatic rings. The van der Waals surface area contributed by atoms with E-state index in [0.717, 1.165) is 0 Å². The molecule has 116 valence electrons. The van der Waals surface area contributed by atoms with Gasteiger partial charge in [0, 0.05) is 6.04 Å². The van der Waals surface area contributed by atoms with Crippen molar-refractivity contribution in [1.82, 2.24) is 10.1 Å². The van der Waals surface area contributed by atoms with E-state index >= 15 is 0 Å². The van der Waals surface area contributed by atoms with Gasteiger partial charge in [-0.1, -0.05) is 19.1 Å². The fourth-order valence-electron chi connectivity index (χ4n) is 1.98. The van der Waals surface area contributed by atoms with Crippen LogP contribution in [-0.4, -0.2) is 53.1 Å². The summed E-state index contributed by atoms with van der Waals surface area (Å²) >= 11 is 0. The Morgan fingerprint density at radius 2 is 1.95 bits per heavy atom. The number of carbonyl (C=O) groups excluding carboxylic acids is 1. The summed E-state index contributed by atoms with van der Waals surface area (Å²) in [6.07, 6.45) is 3.74. The summed E-state index contributed by atoms with van der Waals surface area (Å²) in [6, 6.07) is -0.775. The molecule has 3 N–H and O–H groups in total. The number of hydrogen-bond acceptors (Lipinski definition) is 4. The van der Waals surface area contributed by atoms with Crippen molar-refractivity contribution in [1.29, 1.82) is 0 Å². The highest BCUT2D eigenvalue weighted by Gasteiger charge is 2.36. The van der Waals surface area contributed by atoms with Crippen molar-refractivity contribution in [3.05, 3.63) is 12.2 Å². The summed E-state index contributed by atoms with van der Waals surface area (Å²) in [5.41, 5.74) is 0. The fraction of sp³-hybridized carbons (Fsp3) is 0.786. The fourth-order valence-corrected chi connectivity index (χ4v) is 1.98. The standard InChI is InChI=1S/C14H29BN2O3/c1-7-8-9-11(4)13(18)12(17(6)15(5)20)14(19)16-10(2)3/h7-8,10-13,18,20H,9H2,1-6H3,(H,16,19)/b8-7+. The van der Waals surface area contributed by atoms with Gasteiger partial charge in [-0.2, -0.15) is 0 Å². The number of nitrogens with zero attached hydrogens (tertiary/aromatic N) is 1. The van der Waals surface area contributed by atoms with Crippen molar-refractivity contribution in [2.24, 2.45) is 5.92 Å². The van der Waals surface area contributed by atoms with Crippen LogP contribution in [0.15, 0.2) is 12.2 Å². The van der Waals surface area contributed by atoms with Gasteiger partial charge in [-0.25, -0.2) is 0 Å². The summed E-state index contributed by atoms with van der Waals surface area (Å²) < 4.78 is 0. The first-order valence-corrected chi connectivity index (χ1v) is 7.21. The van der Waals surface area contributed by atoms with Crippen LogP contribution in [0.25, 0.3) is 0 Å². The molecule has 6 heteroatoms. The molecule has 0 aromatic heterocycles. The van der Waals surface area contributed by atoms with E-state index in [1.807, 2.05) is 39.8 Å². The average Bonchev–Trinajstić information content (AvgIpc) is 2.34. The highest BCUT2D eigenvalue weighted by molar-refractivity contribution is 6.45. The quantitative estimate of drug-likeness (QED) is 0.457. The number of hydrogen-bond donors (Lipinski definition) is 3. The van der Waals surface area contributed by atoms with Crippen LogP contribution < -0.4 is 5.32 Å². The van der Waals surface area contributed by atoms with Crippen molar-refractivity contribution in [3.63, 3.8) is 0 Å². The minimum Gasteiger partial charge on any atom is -0.437 e. The molecule has 0 aromatic carbocycles. The number of carbonyl (C=O) groups is 1. The Kier molecular flexibility index (Phi) is 8.77. The highest BCUT2D eigenvalue weighted by Crippen LogP contribution is 2.17. The molecular weight excluding hydrogens is 255 g/mol. The molecular formula is C14H29BN2O3. The van der Waals surface area contributed by atoms with Gasteiger partial charge in [0.25, 0.3) is 0 Å². The third-order valence-electron chi connectivity index (χ3n) is 3.38. The second kappa shape index (κ2) is 9.16. The van der Waals surface area contributed by atoms with Crippen molar-refractivity contribution in [2.75, 3.05) is 7.05 Å². The summed E-state index contributed by atoms with van der Waals surface area (Å²) in [4.78, 5) is 13.8. The van der Waals surface area contributed by atoms with E-state index in [1.54, 1.807) is 13.9 Å². The van der Waals surface area contributed by atoms with Crippen LogP contribution in [0.1, 0.15) is 34.1 Å². The maximum absolute atomic E-state index is 12.3. The molecule has 0 rings (SSSR count). The van der Waals surface area contributed by atoms with E-state index in [-0.39, 0.29) is 17.9 Å². The minimum absolute atomic E-state index is 0.00885. The first-order chi connectivity index (χ1) is 9.22. The Bertz CT molecular complexity index is 322. The van der Waals surface area contributed by atoms with E-state index in [1.165, 1.54) is 4.81 Å². The van der Waals surface area contributed by atoms with Gasteiger partial charge in [0.1, 0.15) is 6.04 Å². The monoisotopic (exact) mass is 284 g/mol. The summed E-state index contributed by atoms with van der Waals surface area (Å²) in [5.74, 6) is -0.335. The Hall–Kier alpha value is -0.845. The molecule has 0 spiro atoms. The minimum atomic E-state index is -0.843. The average molecular weight is 284 g/mol. The third kappa shape index (κ3) is 6.07. The van der Waals surface area contributed by atoms with Crippen LogP contribution in [-0.2, 0) is 4.79 Å². The second-order valence-electron chi connectivity index (χ2n) is 5.68. The Morgan fingerprint density at radius 1 is 1.40 bits per heavy atom. The van der Waals surface area contributed by atoms with Gasteiger partial charge in [-0.05, 0) is 47.0 Å². The van der Waals surface area contributed by atoms with Crippen LogP contribution in [0.2, 0.25) is 6.82 Å². The predicted molar refractivity (Wildman–Crippen MR) is 83.3 cm³/mol. The van der Waals surface area contributed by atoms with Gasteiger partial charge in [-0.15, -0.1) is 0 Å². The maximum atomic E-state index is 12.3. The number of nitrogens with one attached hydrogen (secondary N) is 1. The molecule has 0 fully saturated rings. The van der Waals surface area contributed by atoms with Crippen molar-refractivity contribution in [3.8, 4) is 0 Å². The SMILES string of the molecule is C/C=C/CC(C)C(O)C(C(=O)NC(C)C)N(C)B(C)O. The van der Waals surface area contributed by atoms with Crippen LogP contribution in [0.3, 0.4) is 0 Å². The Labute approximate surface area is 123 Å². The lowest BCUT2D eigenvalue weighted by atomic mass is 9.80. The van der Waals surface area contributed by atoms with Crippen LogP contribution in [0.5, 0.6) is 0 Å². The molecule has 0 saturated carbocycles. The molecule has 0 saturated heterocycles. The van der Waals surface area contributed by atoms with Crippen molar-refractivity contribution < 1.29 is 14.9 Å². The topological polar surface area (TPSA) is 72.8 Å². The molecule has 1 amide bonds. The van der Waals surface area contributed by atoms with Crippen LogP contribution in [0, 0.1) is 5.92 Å². The number of likely N-dealkylation sites (N-methyl/N-ethyl adjacent to an activating group) is 1. The van der Waals surface area contributed by atoms with E-state index in [2.05, 4.69) is 5.32 Å². The van der Waals surface area contributed by atoms with E-state index in [4.69, 9.17) is 0 Å². The van der Waals surface area contributed by atoms with Gasteiger partial charge in [0.2, 0.25) is 5.91 Å². The molecule has 3 unspecified atom stereocenters. The molecule has 0 aliphatic heterocycles. The van der Waals surface area contributed by atoms with Gasteiger partial charge >= 0.3 is 7.05 Å². The van der Waals surface area contributed by atoms with Gasteiger partial charge < -0.3 is 20.3 Å². The number of aliphatic hydroxyl groups excluding tert-OH is 1. The lowest BCUT2D eigenvalue weighted by molar-refractivity contribution is -0.130. The van der Waals surface area contributed by atoms with E-state index in [9.17, 15) is 14.9 Å². The number of rotatable bonds is 8. The van der Waals surface area contributed by atoms with Gasteiger partial charge in [0.05, 0.1) is 6.10 Å². The molecule has 0 aliphatic rings. The van der Waals surface area contributed by atoms with Crippen molar-refractivity contribution >= 4 is 13.0 Å². The smallest absolute Gasteiger partial charge is 0.376 e. The molecule has 0 bridgehead atoms. The maximum Gasteiger partial charge on any atom is 0.376 e. The van der Waals surface area contributed by atoms with Gasteiger partial charge in [0.15, 0.2) is 0 Å². The zero-order valence-corrected chi connectivity index (χ0v) is 13.5. The second-order valence-corrected chi connectivity index (χ2v) is 5.68. The summed E-state index contributed by atoms with van der Waals surface area (Å²) in [7, 11) is 0.836. The highest BCUT2D eigenvalue weighted by atomic mass is 16.3. The van der Waals surface area contributed by atoms with Crippen molar-refractivity contribution in [2.45, 2.75) is 59.1 Å². The summed E-state index contributed by atoms with van der Waals surface area (Å²) in [5, 5.41) is 23.0. The zero-order valence-electron chi connectivity index (χ0n) is 13.5. The molecule has 5 nitrogen and oxygen atoms in total. The molecule has 3 atom stereocenters. The zero-order chi connectivity index (χ0) is 15.9. The first kappa shape index (κ1) is 19.2. The predicted octanol–water partition coefficient (Wildman–Crippen LogP) is 0.885. The van der Waals surface area contributed by atoms with Crippen LogP contribution >= 0.6 is 0 Å². The Balaban J connectivity index is 5.04. The lowest BCUT2D eigenvalue weighted by Crippen LogP contribution is -2.58. The molecule has 0 aliphatic carbocycles. The van der Waals surface area contributed by atoms with Gasteiger partial charge in [-0.3, -0.25) is 4.79 Å². The number of allylic oxidation sites excluding steroid dienone is 2. The lowest BCUT2D eigenvalue weighted by Gasteiger charge is -2.34. The molecule has 0 radical (unpaired) electrons.